The van der Waals surface area contributed by atoms with Gasteiger partial charge in [-0.1, -0.05) is 38.8 Å². The number of para-hydroxylation sites is 2. The first-order valence-electron chi connectivity index (χ1n) is 12.0. The zero-order chi connectivity index (χ0) is 24.5. The number of benzene rings is 1. The molecule has 8 nitrogen and oxygen atoms in total. The first kappa shape index (κ1) is 23.9. The number of aryl methyl sites for hydroxylation is 1. The molecular formula is C26H33N3O5. The molecule has 3 amide bonds. The Morgan fingerprint density at radius 1 is 1.12 bits per heavy atom. The second kappa shape index (κ2) is 9.52. The lowest BCUT2D eigenvalue weighted by molar-refractivity contribution is -0.131. The number of Topliss-reactive ketones (excluding diaryl/α,β-unsaturated/α-hetero) is 1. The van der Waals surface area contributed by atoms with Gasteiger partial charge in [-0.05, 0) is 44.9 Å². The summed E-state index contributed by atoms with van der Waals surface area (Å²) in [5.74, 6) is 0.887. The molecule has 0 spiro atoms. The minimum absolute atomic E-state index is 0.197. The molecule has 0 bridgehead atoms. The van der Waals surface area contributed by atoms with Crippen molar-refractivity contribution in [2.24, 2.45) is 0 Å². The second-order valence-electron chi connectivity index (χ2n) is 9.22. The van der Waals surface area contributed by atoms with E-state index in [4.69, 9.17) is 9.47 Å². The van der Waals surface area contributed by atoms with Gasteiger partial charge in [-0.25, -0.2) is 4.79 Å². The minimum Gasteiger partial charge on any atom is -0.486 e. The molecule has 1 aromatic heterocycles. The van der Waals surface area contributed by atoms with Crippen LogP contribution in [0.25, 0.3) is 0 Å². The average Bonchev–Trinajstić information content (AvgIpc) is 3.22. The Balaban J connectivity index is 1.48. The number of carbonyl (C=O) groups is 3. The van der Waals surface area contributed by atoms with Gasteiger partial charge in [-0.2, -0.15) is 0 Å². The Kier molecular flexibility index (Phi) is 6.68. The molecule has 2 aliphatic rings. The van der Waals surface area contributed by atoms with Gasteiger partial charge in [0.1, 0.15) is 12.1 Å². The summed E-state index contributed by atoms with van der Waals surface area (Å²) in [6, 6.07) is 8.89. The lowest BCUT2D eigenvalue weighted by Crippen LogP contribution is -2.47. The van der Waals surface area contributed by atoms with E-state index in [1.807, 2.05) is 62.6 Å². The van der Waals surface area contributed by atoms with E-state index in [1.165, 1.54) is 0 Å². The maximum atomic E-state index is 13.2. The predicted molar refractivity (Wildman–Crippen MR) is 127 cm³/mol. The fourth-order valence-corrected chi connectivity index (χ4v) is 5.09. The number of hydrogen-bond donors (Lipinski definition) is 1. The second-order valence-corrected chi connectivity index (χ2v) is 9.22. The van der Waals surface area contributed by atoms with Crippen molar-refractivity contribution in [3.05, 3.63) is 47.3 Å². The number of ketones is 1. The summed E-state index contributed by atoms with van der Waals surface area (Å²) in [5, 5.41) is 2.87. The van der Waals surface area contributed by atoms with Gasteiger partial charge in [-0.3, -0.25) is 14.5 Å². The van der Waals surface area contributed by atoms with Gasteiger partial charge in [0, 0.05) is 17.0 Å². The van der Waals surface area contributed by atoms with Gasteiger partial charge in [0.05, 0.1) is 13.1 Å². The highest BCUT2D eigenvalue weighted by Crippen LogP contribution is 2.32. The Hall–Kier alpha value is -3.29. The Labute approximate surface area is 200 Å². The summed E-state index contributed by atoms with van der Waals surface area (Å²) in [5.41, 5.74) is 1.31. The fourth-order valence-electron chi connectivity index (χ4n) is 5.09. The lowest BCUT2D eigenvalue weighted by Gasteiger charge is -2.27. The van der Waals surface area contributed by atoms with Crippen LogP contribution >= 0.6 is 0 Å². The van der Waals surface area contributed by atoms with Crippen LogP contribution in [0.4, 0.5) is 4.79 Å². The zero-order valence-corrected chi connectivity index (χ0v) is 20.3. The van der Waals surface area contributed by atoms with Gasteiger partial charge in [0.2, 0.25) is 0 Å². The number of carbonyl (C=O) groups excluding carboxylic acids is 3. The summed E-state index contributed by atoms with van der Waals surface area (Å²) in [6.07, 6.45) is 2.48. The van der Waals surface area contributed by atoms with E-state index in [0.29, 0.717) is 37.3 Å². The van der Waals surface area contributed by atoms with Crippen LogP contribution in [0.3, 0.4) is 0 Å². The molecule has 182 valence electrons. The van der Waals surface area contributed by atoms with Gasteiger partial charge in [-0.15, -0.1) is 0 Å². The largest absolute Gasteiger partial charge is 0.486 e. The predicted octanol–water partition coefficient (Wildman–Crippen LogP) is 4.02. The standard InChI is InChI=1S/C26H33N3O5/c1-5-11-26(12-6-2)24(31)29(25(32)27-26)15-21(30)20-13-17(3)28(18(20)4)14-19-16-33-22-9-7-8-10-23(22)34-19/h7-10,13,19H,5-6,11-12,14-16H2,1-4H3,(H,27,32)/t19-/m1/s1. The van der Waals surface area contributed by atoms with E-state index in [2.05, 4.69) is 5.32 Å². The van der Waals surface area contributed by atoms with Crippen molar-refractivity contribution >= 4 is 17.7 Å². The maximum Gasteiger partial charge on any atom is 0.325 e. The van der Waals surface area contributed by atoms with Crippen molar-refractivity contribution < 1.29 is 23.9 Å². The molecule has 1 saturated heterocycles. The van der Waals surface area contributed by atoms with Crippen LogP contribution in [0.2, 0.25) is 0 Å². The lowest BCUT2D eigenvalue weighted by atomic mass is 9.88. The molecule has 2 aromatic rings. The quantitative estimate of drug-likeness (QED) is 0.444. The Bertz CT molecular complexity index is 1100. The number of amides is 3. The maximum absolute atomic E-state index is 13.2. The van der Waals surface area contributed by atoms with E-state index >= 15 is 0 Å². The third-order valence-corrected chi connectivity index (χ3v) is 6.73. The normalized spacial score (nSPS) is 18.8. The van der Waals surface area contributed by atoms with Crippen molar-refractivity contribution in [1.82, 2.24) is 14.8 Å². The molecule has 1 atom stereocenters. The summed E-state index contributed by atoms with van der Waals surface area (Å²) >= 11 is 0. The molecule has 2 aliphatic heterocycles. The highest BCUT2D eigenvalue weighted by Gasteiger charge is 2.50. The van der Waals surface area contributed by atoms with E-state index in [-0.39, 0.29) is 24.3 Å². The number of fused-ring (bicyclic) bond motifs is 1. The molecule has 0 radical (unpaired) electrons. The van der Waals surface area contributed by atoms with Crippen LogP contribution < -0.4 is 14.8 Å². The summed E-state index contributed by atoms with van der Waals surface area (Å²) < 4.78 is 13.9. The van der Waals surface area contributed by atoms with E-state index in [1.54, 1.807) is 0 Å². The summed E-state index contributed by atoms with van der Waals surface area (Å²) in [4.78, 5) is 40.1. The SMILES string of the molecule is CCCC1(CCC)NC(=O)N(CC(=O)c2cc(C)n(C[C@@H]3COc4ccccc4O3)c2C)C1=O. The molecule has 34 heavy (non-hydrogen) atoms. The molecule has 0 aliphatic carbocycles. The van der Waals surface area contributed by atoms with Gasteiger partial charge < -0.3 is 19.4 Å². The van der Waals surface area contributed by atoms with Crippen LogP contribution in [0.1, 0.15) is 61.3 Å². The number of urea groups is 1. The van der Waals surface area contributed by atoms with Crippen LogP contribution in [0.5, 0.6) is 11.5 Å². The molecule has 8 heteroatoms. The molecule has 1 fully saturated rings. The molecule has 1 aromatic carbocycles. The number of imide groups is 1. The van der Waals surface area contributed by atoms with Gasteiger partial charge >= 0.3 is 6.03 Å². The van der Waals surface area contributed by atoms with Crippen molar-refractivity contribution in [3.8, 4) is 11.5 Å². The highest BCUT2D eigenvalue weighted by molar-refractivity contribution is 6.11. The van der Waals surface area contributed by atoms with E-state index in [0.717, 1.165) is 34.9 Å². The monoisotopic (exact) mass is 467 g/mol. The third kappa shape index (κ3) is 4.29. The minimum atomic E-state index is -0.896. The van der Waals surface area contributed by atoms with Crippen molar-refractivity contribution in [3.63, 3.8) is 0 Å². The van der Waals surface area contributed by atoms with Gasteiger partial charge in [0.25, 0.3) is 5.91 Å². The van der Waals surface area contributed by atoms with Crippen LogP contribution in [0, 0.1) is 13.8 Å². The molecule has 0 unspecified atom stereocenters. The van der Waals surface area contributed by atoms with Crippen LogP contribution in [-0.4, -0.2) is 52.0 Å². The molecule has 1 N–H and O–H groups in total. The third-order valence-electron chi connectivity index (χ3n) is 6.73. The van der Waals surface area contributed by atoms with Gasteiger partial charge in [0.15, 0.2) is 23.4 Å². The van der Waals surface area contributed by atoms with E-state index < -0.39 is 11.6 Å². The topological polar surface area (TPSA) is 89.9 Å². The molecule has 4 rings (SSSR count). The number of rotatable bonds is 9. The number of ether oxygens (including phenoxy) is 2. The van der Waals surface area contributed by atoms with Crippen LogP contribution in [0.15, 0.2) is 30.3 Å². The molecular weight excluding hydrogens is 434 g/mol. The van der Waals surface area contributed by atoms with E-state index in [9.17, 15) is 14.4 Å². The Morgan fingerprint density at radius 2 is 1.79 bits per heavy atom. The average molecular weight is 468 g/mol. The Morgan fingerprint density at radius 3 is 2.47 bits per heavy atom. The van der Waals surface area contributed by atoms with Crippen molar-refractivity contribution in [2.75, 3.05) is 13.2 Å². The molecule has 3 heterocycles. The number of aromatic nitrogens is 1. The van der Waals surface area contributed by atoms with Crippen LogP contribution in [-0.2, 0) is 11.3 Å². The first-order valence-corrected chi connectivity index (χ1v) is 12.0. The summed E-state index contributed by atoms with van der Waals surface area (Å²) in [7, 11) is 0. The smallest absolute Gasteiger partial charge is 0.325 e. The highest BCUT2D eigenvalue weighted by atomic mass is 16.6. The van der Waals surface area contributed by atoms with Crippen molar-refractivity contribution in [2.45, 2.75) is 71.6 Å². The number of hydrogen-bond acceptors (Lipinski definition) is 5. The van der Waals surface area contributed by atoms with Crippen molar-refractivity contribution in [1.29, 1.82) is 0 Å². The number of nitrogens with one attached hydrogen (secondary N) is 1. The number of nitrogens with zero attached hydrogens (tertiary/aromatic N) is 2. The first-order chi connectivity index (χ1) is 16.3. The summed E-state index contributed by atoms with van der Waals surface area (Å²) in [6.45, 7) is 8.46. The fraction of sp³-hybridized carbons (Fsp3) is 0.500. The molecule has 0 saturated carbocycles. The zero-order valence-electron chi connectivity index (χ0n) is 20.3.